The zero-order chi connectivity index (χ0) is 27.6. The molecule has 1 saturated heterocycles. The number of carboxylic acids is 1. The van der Waals surface area contributed by atoms with E-state index in [-0.39, 0.29) is 17.7 Å². The van der Waals surface area contributed by atoms with Gasteiger partial charge in [0.25, 0.3) is 5.88 Å². The number of hydrogen-bond acceptors (Lipinski definition) is 7. The van der Waals surface area contributed by atoms with Crippen LogP contribution in [0.3, 0.4) is 0 Å². The molecule has 1 atom stereocenters. The number of benzene rings is 2. The second-order valence-electron chi connectivity index (χ2n) is 9.43. The van der Waals surface area contributed by atoms with Crippen molar-refractivity contribution in [2.75, 3.05) is 6.61 Å². The minimum Gasteiger partial charge on any atom is -0.477 e. The summed E-state index contributed by atoms with van der Waals surface area (Å²) >= 11 is 5.94. The fourth-order valence-electron chi connectivity index (χ4n) is 4.42. The molecule has 1 aliphatic heterocycles. The van der Waals surface area contributed by atoms with Crippen molar-refractivity contribution < 1.29 is 23.8 Å². The monoisotopic (exact) mass is 559 g/mol. The van der Waals surface area contributed by atoms with Crippen molar-refractivity contribution >= 4 is 28.7 Å². The first-order valence-electron chi connectivity index (χ1n) is 12.6. The molecule has 11 heteroatoms. The molecule has 0 radical (unpaired) electrons. The summed E-state index contributed by atoms with van der Waals surface area (Å²) in [7, 11) is 0. The van der Waals surface area contributed by atoms with Gasteiger partial charge in [-0.15, -0.1) is 0 Å². The van der Waals surface area contributed by atoms with E-state index in [1.807, 2.05) is 28.8 Å². The third-order valence-electron chi connectivity index (χ3n) is 6.61. The Kier molecular flexibility index (Phi) is 7.10. The van der Waals surface area contributed by atoms with Gasteiger partial charge in [-0.3, -0.25) is 0 Å². The average Bonchev–Trinajstić information content (AvgIpc) is 3.26. The van der Waals surface area contributed by atoms with Gasteiger partial charge in [-0.05, 0) is 53.9 Å². The van der Waals surface area contributed by atoms with E-state index in [0.717, 1.165) is 29.6 Å². The molecule has 9 nitrogen and oxygen atoms in total. The molecule has 6 rings (SSSR count). The number of ether oxygens (including phenoxy) is 2. The zero-order valence-corrected chi connectivity index (χ0v) is 21.9. The largest absolute Gasteiger partial charge is 0.477 e. The van der Waals surface area contributed by atoms with Crippen LogP contribution in [0.25, 0.3) is 11.2 Å². The van der Waals surface area contributed by atoms with Gasteiger partial charge < -0.3 is 19.1 Å². The Morgan fingerprint density at radius 3 is 2.45 bits per heavy atom. The molecule has 4 heterocycles. The molecule has 0 bridgehead atoms. The molecular formula is C29H23ClFN5O4. The number of pyridine rings is 1. The van der Waals surface area contributed by atoms with Gasteiger partial charge in [0.15, 0.2) is 11.3 Å². The first kappa shape index (κ1) is 25.8. The number of hydrogen-bond donors (Lipinski definition) is 1. The first-order valence-corrected chi connectivity index (χ1v) is 13.0. The molecule has 202 valence electrons. The Labute approximate surface area is 233 Å². The molecule has 40 heavy (non-hydrogen) atoms. The zero-order valence-electron chi connectivity index (χ0n) is 21.1. The van der Waals surface area contributed by atoms with Crippen molar-refractivity contribution in [2.24, 2.45) is 0 Å². The topological polar surface area (TPSA) is 112 Å². The predicted molar refractivity (Wildman–Crippen MR) is 144 cm³/mol. The van der Waals surface area contributed by atoms with Crippen molar-refractivity contribution in [3.8, 4) is 11.6 Å². The molecule has 0 amide bonds. The molecule has 0 saturated carbocycles. The number of carbonyl (C=O) groups is 1. The average molecular weight is 560 g/mol. The number of aromatic nitrogens is 5. The normalized spacial score (nSPS) is 14.7. The van der Waals surface area contributed by atoms with Crippen molar-refractivity contribution in [3.05, 3.63) is 106 Å². The summed E-state index contributed by atoms with van der Waals surface area (Å²) in [4.78, 5) is 28.9. The molecule has 0 aliphatic carbocycles. The van der Waals surface area contributed by atoms with E-state index in [4.69, 9.17) is 26.1 Å². The second-order valence-corrected chi connectivity index (χ2v) is 9.87. The third-order valence-corrected chi connectivity index (χ3v) is 6.86. The highest BCUT2D eigenvalue weighted by Gasteiger charge is 2.23. The van der Waals surface area contributed by atoms with E-state index in [9.17, 15) is 14.3 Å². The first-order chi connectivity index (χ1) is 19.4. The standard InChI is InChI=1S/C29H23ClFN5O4/c30-19-5-1-17(2-6-19)13-25-32-15-22(31)28(35-25)40-20-7-3-18(4-8-20)14-26-33-23-9-10-24(29(37)38)34-27(23)36(26)16-21-11-12-39-21/h1-10,15,21H,11-14,16H2,(H,37,38)/t21-/m0/s1. The molecule has 2 aromatic carbocycles. The summed E-state index contributed by atoms with van der Waals surface area (Å²) < 4.78 is 27.7. The maximum absolute atomic E-state index is 14.4. The Morgan fingerprint density at radius 2 is 1.75 bits per heavy atom. The number of rotatable bonds is 9. The van der Waals surface area contributed by atoms with Crippen LogP contribution in [0.15, 0.2) is 66.9 Å². The van der Waals surface area contributed by atoms with Gasteiger partial charge in [0.2, 0.25) is 5.82 Å². The van der Waals surface area contributed by atoms with Gasteiger partial charge in [0.1, 0.15) is 22.9 Å². The quantitative estimate of drug-likeness (QED) is 0.253. The van der Waals surface area contributed by atoms with E-state index in [1.54, 1.807) is 30.3 Å². The number of aromatic carboxylic acids is 1. The number of imidazole rings is 1. The number of halogens is 2. The fraction of sp³-hybridized carbons (Fsp3) is 0.207. The van der Waals surface area contributed by atoms with Crippen LogP contribution in [0.2, 0.25) is 5.02 Å². The molecule has 5 aromatic rings. The summed E-state index contributed by atoms with van der Waals surface area (Å²) in [6.07, 6.45) is 2.93. The highest BCUT2D eigenvalue weighted by atomic mass is 35.5. The fourth-order valence-corrected chi connectivity index (χ4v) is 4.55. The van der Waals surface area contributed by atoms with Gasteiger partial charge in [-0.1, -0.05) is 35.9 Å². The molecular weight excluding hydrogens is 537 g/mol. The van der Waals surface area contributed by atoms with Crippen LogP contribution in [0.1, 0.15) is 39.7 Å². The van der Waals surface area contributed by atoms with Crippen molar-refractivity contribution in [3.63, 3.8) is 0 Å². The second kappa shape index (κ2) is 11.0. The maximum atomic E-state index is 14.4. The summed E-state index contributed by atoms with van der Waals surface area (Å²) in [5.74, 6) is -0.336. The Balaban J connectivity index is 1.20. The van der Waals surface area contributed by atoms with E-state index in [1.165, 1.54) is 6.07 Å². The van der Waals surface area contributed by atoms with Crippen LogP contribution in [0, 0.1) is 5.82 Å². The third kappa shape index (κ3) is 5.63. The SMILES string of the molecule is O=C(O)c1ccc2nc(Cc3ccc(Oc4nc(Cc5ccc(Cl)cc5)ncc4F)cc3)n(C[C@@H]3CCO3)c2n1. The van der Waals surface area contributed by atoms with Crippen molar-refractivity contribution in [1.29, 1.82) is 0 Å². The summed E-state index contributed by atoms with van der Waals surface area (Å²) in [5.41, 5.74) is 2.97. The summed E-state index contributed by atoms with van der Waals surface area (Å²) in [5, 5.41) is 10.0. The minimum absolute atomic E-state index is 0.0366. The van der Waals surface area contributed by atoms with Crippen molar-refractivity contribution in [1.82, 2.24) is 24.5 Å². The number of carboxylic acid groups (broad SMARTS) is 1. The van der Waals surface area contributed by atoms with Crippen LogP contribution in [-0.4, -0.2) is 48.3 Å². The van der Waals surface area contributed by atoms with Gasteiger partial charge in [0.05, 0.1) is 18.8 Å². The summed E-state index contributed by atoms with van der Waals surface area (Å²) in [6, 6.07) is 17.6. The van der Waals surface area contributed by atoms with Gasteiger partial charge in [0, 0.05) is 24.5 Å². The lowest BCUT2D eigenvalue weighted by molar-refractivity contribution is -0.0590. The highest BCUT2D eigenvalue weighted by Crippen LogP contribution is 2.26. The maximum Gasteiger partial charge on any atom is 0.354 e. The molecule has 3 aromatic heterocycles. The number of fused-ring (bicyclic) bond motifs is 1. The van der Waals surface area contributed by atoms with E-state index >= 15 is 0 Å². The lowest BCUT2D eigenvalue weighted by atomic mass is 10.1. The molecule has 1 N–H and O–H groups in total. The predicted octanol–water partition coefficient (Wildman–Crippen LogP) is 5.47. The van der Waals surface area contributed by atoms with Crippen LogP contribution < -0.4 is 4.74 Å². The van der Waals surface area contributed by atoms with E-state index in [0.29, 0.717) is 53.8 Å². The molecule has 1 aliphatic rings. The Hall–Kier alpha value is -4.41. The Bertz CT molecular complexity index is 1690. The van der Waals surface area contributed by atoms with Crippen LogP contribution in [0.5, 0.6) is 11.6 Å². The smallest absolute Gasteiger partial charge is 0.354 e. The highest BCUT2D eigenvalue weighted by molar-refractivity contribution is 6.30. The lowest BCUT2D eigenvalue weighted by Gasteiger charge is -2.27. The molecule has 0 unspecified atom stereocenters. The minimum atomic E-state index is -1.09. The van der Waals surface area contributed by atoms with Crippen LogP contribution in [0.4, 0.5) is 4.39 Å². The summed E-state index contributed by atoms with van der Waals surface area (Å²) in [6.45, 7) is 1.24. The van der Waals surface area contributed by atoms with Gasteiger partial charge in [-0.2, -0.15) is 9.37 Å². The molecule has 1 fully saturated rings. The van der Waals surface area contributed by atoms with E-state index in [2.05, 4.69) is 15.0 Å². The molecule has 0 spiro atoms. The Morgan fingerprint density at radius 1 is 1.02 bits per heavy atom. The van der Waals surface area contributed by atoms with Crippen molar-refractivity contribution in [2.45, 2.75) is 31.9 Å². The van der Waals surface area contributed by atoms with Crippen LogP contribution >= 0.6 is 11.6 Å². The van der Waals surface area contributed by atoms with Gasteiger partial charge >= 0.3 is 5.97 Å². The number of nitrogens with zero attached hydrogens (tertiary/aromatic N) is 5. The van der Waals surface area contributed by atoms with Gasteiger partial charge in [-0.25, -0.2) is 19.7 Å². The lowest BCUT2D eigenvalue weighted by Crippen LogP contribution is -2.32. The van der Waals surface area contributed by atoms with Crippen LogP contribution in [-0.2, 0) is 24.1 Å². The van der Waals surface area contributed by atoms with E-state index < -0.39 is 11.8 Å².